The molecule has 2 aromatic rings. The number of unbranched alkanes of at least 4 members (excludes halogenated alkanes) is 3. The second-order valence-electron chi connectivity index (χ2n) is 6.32. The minimum atomic E-state index is -0.395. The number of hydrogen-bond acceptors (Lipinski definition) is 2. The molecule has 1 aromatic carbocycles. The fraction of sp³-hybridized carbons (Fsp3) is 0.409. The van der Waals surface area contributed by atoms with Crippen LogP contribution in [0.1, 0.15) is 56.7 Å². The summed E-state index contributed by atoms with van der Waals surface area (Å²) in [4.78, 5) is 4.38. The van der Waals surface area contributed by atoms with Crippen molar-refractivity contribution in [2.24, 2.45) is 0 Å². The van der Waals surface area contributed by atoms with E-state index in [2.05, 4.69) is 42.2 Å². The zero-order valence-corrected chi connectivity index (χ0v) is 14.7. The van der Waals surface area contributed by atoms with E-state index in [0.29, 0.717) is 0 Å². The highest BCUT2D eigenvalue weighted by Crippen LogP contribution is 2.20. The second kappa shape index (κ2) is 10.8. The van der Waals surface area contributed by atoms with Crippen LogP contribution in [0.25, 0.3) is 6.08 Å². The zero-order valence-electron chi connectivity index (χ0n) is 14.7. The molecule has 0 saturated carbocycles. The van der Waals surface area contributed by atoms with Crippen LogP contribution in [-0.4, -0.2) is 16.2 Å². The van der Waals surface area contributed by atoms with E-state index in [0.717, 1.165) is 37.0 Å². The fourth-order valence-corrected chi connectivity index (χ4v) is 2.88. The van der Waals surface area contributed by atoms with Gasteiger partial charge >= 0.3 is 0 Å². The molecule has 2 nitrogen and oxygen atoms in total. The van der Waals surface area contributed by atoms with Crippen LogP contribution in [0, 0.1) is 0 Å². The van der Waals surface area contributed by atoms with Crippen molar-refractivity contribution in [1.82, 2.24) is 4.98 Å². The third kappa shape index (κ3) is 6.67. The van der Waals surface area contributed by atoms with E-state index in [9.17, 15) is 5.11 Å². The Balaban J connectivity index is 1.99. The summed E-state index contributed by atoms with van der Waals surface area (Å²) in [5, 5.41) is 10.7. The lowest BCUT2D eigenvalue weighted by Gasteiger charge is -2.15. The summed E-state index contributed by atoms with van der Waals surface area (Å²) in [6, 6.07) is 16.3. The number of aromatic nitrogens is 1. The molecule has 0 saturated heterocycles. The summed E-state index contributed by atoms with van der Waals surface area (Å²) in [6.07, 6.45) is 10.9. The molecule has 1 N–H and O–H groups in total. The maximum Gasteiger partial charge on any atom is 0.0757 e. The largest absolute Gasteiger partial charge is 0.389 e. The minimum absolute atomic E-state index is 0.395. The quantitative estimate of drug-likeness (QED) is 0.591. The van der Waals surface area contributed by atoms with Gasteiger partial charge in [-0.1, -0.05) is 62.6 Å². The topological polar surface area (TPSA) is 33.1 Å². The lowest BCUT2D eigenvalue weighted by molar-refractivity contribution is 0.197. The monoisotopic (exact) mass is 323 g/mol. The van der Waals surface area contributed by atoms with E-state index in [1.54, 1.807) is 6.20 Å². The summed E-state index contributed by atoms with van der Waals surface area (Å²) < 4.78 is 0. The first-order valence-corrected chi connectivity index (χ1v) is 9.13. The summed E-state index contributed by atoms with van der Waals surface area (Å²) in [7, 11) is 0. The summed E-state index contributed by atoms with van der Waals surface area (Å²) in [5.41, 5.74) is 3.32. The normalized spacial score (nSPS) is 13.0. The Labute approximate surface area is 146 Å². The van der Waals surface area contributed by atoms with Crippen LogP contribution in [0.4, 0.5) is 0 Å². The number of hydrogen-bond donors (Lipinski definition) is 1. The predicted octanol–water partition coefficient (Wildman–Crippen LogP) is 5.43. The molecule has 0 bridgehead atoms. The zero-order chi connectivity index (χ0) is 17.0. The molecule has 0 spiro atoms. The van der Waals surface area contributed by atoms with E-state index in [4.69, 9.17) is 0 Å². The van der Waals surface area contributed by atoms with Gasteiger partial charge in [-0.2, -0.15) is 0 Å². The molecule has 128 valence electrons. The molecule has 1 atom stereocenters. The second-order valence-corrected chi connectivity index (χ2v) is 6.32. The van der Waals surface area contributed by atoms with Gasteiger partial charge in [0, 0.05) is 6.20 Å². The summed E-state index contributed by atoms with van der Waals surface area (Å²) >= 11 is 0. The van der Waals surface area contributed by atoms with Crippen LogP contribution < -0.4 is 0 Å². The third-order valence-electron chi connectivity index (χ3n) is 4.32. The van der Waals surface area contributed by atoms with E-state index < -0.39 is 6.10 Å². The van der Waals surface area contributed by atoms with Crippen molar-refractivity contribution in [3.8, 4) is 0 Å². The fourth-order valence-electron chi connectivity index (χ4n) is 2.88. The molecule has 0 aliphatic carbocycles. The maximum atomic E-state index is 10.7. The van der Waals surface area contributed by atoms with Crippen molar-refractivity contribution >= 4 is 6.08 Å². The smallest absolute Gasteiger partial charge is 0.0757 e. The Morgan fingerprint density at radius 3 is 2.54 bits per heavy atom. The molecule has 0 fully saturated rings. The number of aliphatic hydroxyl groups excluding tert-OH is 1. The summed E-state index contributed by atoms with van der Waals surface area (Å²) in [5.74, 6) is 0. The van der Waals surface area contributed by atoms with E-state index >= 15 is 0 Å². The highest BCUT2D eigenvalue weighted by Gasteiger charge is 2.11. The van der Waals surface area contributed by atoms with Crippen molar-refractivity contribution in [3.63, 3.8) is 0 Å². The van der Waals surface area contributed by atoms with Crippen LogP contribution in [0.3, 0.4) is 0 Å². The van der Waals surface area contributed by atoms with Gasteiger partial charge in [0.25, 0.3) is 0 Å². The molecule has 0 amide bonds. The van der Waals surface area contributed by atoms with E-state index in [1.165, 1.54) is 24.8 Å². The molecular formula is C22H29NO. The Hall–Kier alpha value is -1.93. The van der Waals surface area contributed by atoms with Crippen LogP contribution in [0.2, 0.25) is 0 Å². The van der Waals surface area contributed by atoms with Crippen molar-refractivity contribution in [3.05, 3.63) is 71.6 Å². The molecule has 1 unspecified atom stereocenters. The van der Waals surface area contributed by atoms with Gasteiger partial charge in [-0.05, 0) is 55.0 Å². The Morgan fingerprint density at radius 2 is 1.83 bits per heavy atom. The Kier molecular flexibility index (Phi) is 8.26. The van der Waals surface area contributed by atoms with Crippen LogP contribution in [0.5, 0.6) is 0 Å². The third-order valence-corrected chi connectivity index (χ3v) is 4.32. The summed E-state index contributed by atoms with van der Waals surface area (Å²) in [6.45, 7) is 2.22. The highest BCUT2D eigenvalue weighted by atomic mass is 16.3. The molecule has 0 aliphatic rings. The van der Waals surface area contributed by atoms with Crippen molar-refractivity contribution < 1.29 is 5.11 Å². The van der Waals surface area contributed by atoms with E-state index in [-0.39, 0.29) is 0 Å². The first-order valence-electron chi connectivity index (χ1n) is 9.13. The Morgan fingerprint density at radius 1 is 1.04 bits per heavy atom. The maximum absolute atomic E-state index is 10.7. The first kappa shape index (κ1) is 18.4. The molecule has 1 aromatic heterocycles. The van der Waals surface area contributed by atoms with Crippen molar-refractivity contribution in [2.45, 2.75) is 58.0 Å². The number of benzene rings is 1. The highest BCUT2D eigenvalue weighted by molar-refractivity contribution is 5.49. The van der Waals surface area contributed by atoms with E-state index in [1.807, 2.05) is 24.3 Å². The lowest BCUT2D eigenvalue weighted by Crippen LogP contribution is -2.12. The van der Waals surface area contributed by atoms with Gasteiger partial charge in [0.05, 0.1) is 11.8 Å². The van der Waals surface area contributed by atoms with Gasteiger partial charge in [0.2, 0.25) is 0 Å². The van der Waals surface area contributed by atoms with Crippen LogP contribution >= 0.6 is 0 Å². The molecule has 0 aliphatic heterocycles. The average molecular weight is 323 g/mol. The number of aliphatic hydroxyl groups is 1. The predicted molar refractivity (Wildman–Crippen MR) is 102 cm³/mol. The molecule has 1 heterocycles. The molecule has 0 radical (unpaired) electrons. The van der Waals surface area contributed by atoms with Crippen LogP contribution in [0.15, 0.2) is 60.3 Å². The Bertz CT molecular complexity index is 592. The van der Waals surface area contributed by atoms with Crippen LogP contribution in [-0.2, 0) is 6.42 Å². The number of rotatable bonds is 10. The average Bonchev–Trinajstić information content (AvgIpc) is 2.64. The minimum Gasteiger partial charge on any atom is -0.389 e. The molecule has 2 rings (SSSR count). The standard InChI is InChI=1S/C22H29NO/c1-2-3-4-8-13-20(18-21-14-9-10-17-23-21)22(24)16-15-19-11-6-5-7-12-19/h5-7,9-12,14,17-18,22,24H,2-4,8,13,15-16H2,1H3. The lowest BCUT2D eigenvalue weighted by atomic mass is 9.96. The number of nitrogens with zero attached hydrogens (tertiary/aromatic N) is 1. The van der Waals surface area contributed by atoms with Gasteiger partial charge in [0.1, 0.15) is 0 Å². The van der Waals surface area contributed by atoms with Crippen molar-refractivity contribution in [1.29, 1.82) is 0 Å². The number of pyridine rings is 1. The molecular weight excluding hydrogens is 294 g/mol. The van der Waals surface area contributed by atoms with Crippen molar-refractivity contribution in [2.75, 3.05) is 0 Å². The molecule has 24 heavy (non-hydrogen) atoms. The van der Waals surface area contributed by atoms with Gasteiger partial charge in [-0.15, -0.1) is 0 Å². The number of aryl methyl sites for hydroxylation is 1. The van der Waals surface area contributed by atoms with Gasteiger partial charge in [-0.25, -0.2) is 0 Å². The first-order chi connectivity index (χ1) is 11.8. The van der Waals surface area contributed by atoms with Gasteiger partial charge in [0.15, 0.2) is 0 Å². The van der Waals surface area contributed by atoms with Gasteiger partial charge < -0.3 is 5.11 Å². The van der Waals surface area contributed by atoms with Gasteiger partial charge in [-0.3, -0.25) is 4.98 Å². The molecule has 2 heteroatoms. The SMILES string of the molecule is CCCCCCC(=Cc1ccccn1)C(O)CCc1ccccc1.